The van der Waals surface area contributed by atoms with Gasteiger partial charge in [0.05, 0.1) is 5.56 Å². The maximum absolute atomic E-state index is 13.6. The van der Waals surface area contributed by atoms with Gasteiger partial charge in [-0.3, -0.25) is 4.40 Å². The van der Waals surface area contributed by atoms with Crippen molar-refractivity contribution in [3.05, 3.63) is 59.9 Å². The van der Waals surface area contributed by atoms with Gasteiger partial charge in [0, 0.05) is 11.9 Å². The molecular weight excluding hydrogens is 428 g/mol. The highest BCUT2D eigenvalue weighted by Gasteiger charge is 2.39. The molecule has 3 heterocycles. The predicted octanol–water partition coefficient (Wildman–Crippen LogP) is 4.55. The minimum absolute atomic E-state index is 0.0149. The minimum Gasteiger partial charge on any atom is -0.368 e. The molecule has 0 fully saturated rings. The molecule has 0 aliphatic heterocycles. The number of pyridine rings is 1. The fourth-order valence-corrected chi connectivity index (χ4v) is 2.83. The van der Waals surface area contributed by atoms with E-state index in [1.165, 1.54) is 24.4 Å². The summed E-state index contributed by atoms with van der Waals surface area (Å²) in [6, 6.07) is 8.32. The van der Waals surface area contributed by atoms with Crippen LogP contribution in [0.2, 0.25) is 0 Å². The molecule has 4 rings (SSSR count). The van der Waals surface area contributed by atoms with Gasteiger partial charge < -0.3 is 11.1 Å². The molecule has 0 atom stereocenters. The molecule has 0 amide bonds. The number of nitrogen functional groups attached to an aromatic ring is 1. The molecule has 3 N–H and O–H groups in total. The quantitative estimate of drug-likeness (QED) is 0.455. The number of benzene rings is 1. The highest BCUT2D eigenvalue weighted by atomic mass is 19.4. The Morgan fingerprint density at radius 2 is 1.52 bits per heavy atom. The van der Waals surface area contributed by atoms with Crippen LogP contribution in [0, 0.1) is 0 Å². The minimum atomic E-state index is -4.80. The molecule has 1 aromatic carbocycles. The lowest BCUT2D eigenvalue weighted by molar-refractivity contribution is -0.140. The van der Waals surface area contributed by atoms with Crippen molar-refractivity contribution in [3.8, 4) is 11.5 Å². The third-order valence-electron chi connectivity index (χ3n) is 4.13. The third kappa shape index (κ3) is 4.06. The van der Waals surface area contributed by atoms with Gasteiger partial charge in [-0.15, -0.1) is 0 Å². The third-order valence-corrected chi connectivity index (χ3v) is 4.13. The first-order valence-corrected chi connectivity index (χ1v) is 8.53. The molecule has 31 heavy (non-hydrogen) atoms. The number of rotatable bonds is 3. The topological polar surface area (TPSA) is 94.0 Å². The highest BCUT2D eigenvalue weighted by Crippen LogP contribution is 2.36. The van der Waals surface area contributed by atoms with E-state index in [2.05, 4.69) is 25.3 Å². The number of nitrogens with one attached hydrogen (secondary N) is 1. The summed E-state index contributed by atoms with van der Waals surface area (Å²) in [5, 5.41) is 2.61. The van der Waals surface area contributed by atoms with E-state index in [4.69, 9.17) is 5.73 Å². The summed E-state index contributed by atoms with van der Waals surface area (Å²) in [7, 11) is 0. The van der Waals surface area contributed by atoms with Crippen molar-refractivity contribution in [2.45, 2.75) is 12.4 Å². The lowest BCUT2D eigenvalue weighted by Crippen LogP contribution is -2.11. The molecule has 0 saturated carbocycles. The second-order valence-electron chi connectivity index (χ2n) is 6.28. The monoisotopic (exact) mass is 439 g/mol. The Labute approximate surface area is 169 Å². The second-order valence-corrected chi connectivity index (χ2v) is 6.28. The molecule has 0 unspecified atom stereocenters. The summed E-state index contributed by atoms with van der Waals surface area (Å²) < 4.78 is 80.0. The number of aromatic nitrogens is 5. The van der Waals surface area contributed by atoms with E-state index < -0.39 is 41.1 Å². The van der Waals surface area contributed by atoms with Gasteiger partial charge >= 0.3 is 12.4 Å². The second kappa shape index (κ2) is 7.11. The van der Waals surface area contributed by atoms with Crippen LogP contribution in [-0.4, -0.2) is 24.3 Å². The molecular formula is C18H11F6N7. The van der Waals surface area contributed by atoms with Crippen LogP contribution in [0.3, 0.4) is 0 Å². The number of imidazole rings is 1. The van der Waals surface area contributed by atoms with Crippen LogP contribution in [-0.2, 0) is 12.4 Å². The van der Waals surface area contributed by atoms with Gasteiger partial charge in [-0.25, -0.2) is 4.98 Å². The molecule has 3 aromatic heterocycles. The molecule has 0 bridgehead atoms. The average molecular weight is 439 g/mol. The predicted molar refractivity (Wildman–Crippen MR) is 98.2 cm³/mol. The molecule has 160 valence electrons. The maximum atomic E-state index is 13.6. The number of hydrogen-bond acceptors (Lipinski definition) is 6. The largest absolute Gasteiger partial charge is 0.435 e. The van der Waals surface area contributed by atoms with Crippen molar-refractivity contribution >= 4 is 23.2 Å². The number of anilines is 3. The Bertz CT molecular complexity index is 1250. The van der Waals surface area contributed by atoms with Crippen LogP contribution >= 0.6 is 0 Å². The van der Waals surface area contributed by atoms with E-state index in [0.717, 1.165) is 28.7 Å². The first-order chi connectivity index (χ1) is 14.5. The van der Waals surface area contributed by atoms with Crippen molar-refractivity contribution in [1.82, 2.24) is 24.3 Å². The number of fused-ring (bicyclic) bond motifs is 1. The molecule has 13 heteroatoms. The highest BCUT2D eigenvalue weighted by molar-refractivity contribution is 5.65. The van der Waals surface area contributed by atoms with E-state index in [9.17, 15) is 26.3 Å². The fourth-order valence-electron chi connectivity index (χ4n) is 2.83. The molecule has 7 nitrogen and oxygen atoms in total. The molecule has 0 aliphatic carbocycles. The molecule has 0 saturated heterocycles. The Morgan fingerprint density at radius 1 is 0.806 bits per heavy atom. The van der Waals surface area contributed by atoms with Crippen molar-refractivity contribution in [2.75, 3.05) is 11.1 Å². The number of halogens is 6. The van der Waals surface area contributed by atoms with E-state index in [1.54, 1.807) is 0 Å². The Balaban J connectivity index is 1.77. The Hall–Kier alpha value is -3.90. The maximum Gasteiger partial charge on any atom is 0.435 e. The van der Waals surface area contributed by atoms with Crippen LogP contribution in [0.4, 0.5) is 43.9 Å². The number of nitrogens with two attached hydrogens (primary N) is 1. The normalized spacial score (nSPS) is 12.3. The van der Waals surface area contributed by atoms with Gasteiger partial charge in [0.15, 0.2) is 11.5 Å². The summed E-state index contributed by atoms with van der Waals surface area (Å²) in [5.41, 5.74) is 3.29. The summed E-state index contributed by atoms with van der Waals surface area (Å²) in [5.74, 6) is -1.05. The first kappa shape index (κ1) is 20.4. The van der Waals surface area contributed by atoms with Gasteiger partial charge in [-0.1, -0.05) is 6.07 Å². The zero-order valence-electron chi connectivity index (χ0n) is 15.2. The van der Waals surface area contributed by atoms with Crippen LogP contribution in [0.1, 0.15) is 11.3 Å². The lowest BCUT2D eigenvalue weighted by atomic mass is 10.2. The number of alkyl halides is 6. The zero-order valence-corrected chi connectivity index (χ0v) is 15.2. The van der Waals surface area contributed by atoms with Crippen LogP contribution in [0.15, 0.2) is 48.7 Å². The van der Waals surface area contributed by atoms with E-state index in [1.807, 2.05) is 0 Å². The van der Waals surface area contributed by atoms with E-state index in [-0.39, 0.29) is 17.3 Å². The van der Waals surface area contributed by atoms with Gasteiger partial charge in [0.2, 0.25) is 11.9 Å². The number of hydrogen-bond donors (Lipinski definition) is 2. The van der Waals surface area contributed by atoms with E-state index in [0.29, 0.717) is 0 Å². The Morgan fingerprint density at radius 3 is 2.16 bits per heavy atom. The smallest absolute Gasteiger partial charge is 0.368 e. The molecule has 0 radical (unpaired) electrons. The fraction of sp³-hybridized carbons (Fsp3) is 0.111. The zero-order chi connectivity index (χ0) is 22.4. The van der Waals surface area contributed by atoms with Gasteiger partial charge in [0.25, 0.3) is 0 Å². The standard InChI is InChI=1S/C18H11F6N7/c19-17(20,21)9-4-6-10(7-5-9)26-16-29-14(28-15(25)30-16)12-13(18(22,23)24)27-11-3-1-2-8-31(11)12/h1-8H,(H3,25,26,28,29,30). The summed E-state index contributed by atoms with van der Waals surface area (Å²) in [6.45, 7) is 0. The Kier molecular flexibility index (Phi) is 4.67. The van der Waals surface area contributed by atoms with Gasteiger partial charge in [0.1, 0.15) is 11.3 Å². The van der Waals surface area contributed by atoms with Gasteiger partial charge in [-0.05, 0) is 36.4 Å². The average Bonchev–Trinajstić information content (AvgIpc) is 3.07. The van der Waals surface area contributed by atoms with Crippen molar-refractivity contribution in [3.63, 3.8) is 0 Å². The molecule has 0 aliphatic rings. The van der Waals surface area contributed by atoms with Crippen LogP contribution < -0.4 is 11.1 Å². The SMILES string of the molecule is Nc1nc(Nc2ccc(C(F)(F)F)cc2)nc(-c2c(C(F)(F)F)nc3ccccn23)n1. The van der Waals surface area contributed by atoms with Crippen LogP contribution in [0.25, 0.3) is 17.2 Å². The molecule has 0 spiro atoms. The van der Waals surface area contributed by atoms with E-state index >= 15 is 0 Å². The summed E-state index contributed by atoms with van der Waals surface area (Å²) in [6.07, 6.45) is -7.96. The summed E-state index contributed by atoms with van der Waals surface area (Å²) >= 11 is 0. The van der Waals surface area contributed by atoms with Crippen molar-refractivity contribution < 1.29 is 26.3 Å². The lowest BCUT2D eigenvalue weighted by Gasteiger charge is -2.11. The first-order valence-electron chi connectivity index (χ1n) is 8.53. The summed E-state index contributed by atoms with van der Waals surface area (Å²) in [4.78, 5) is 15.2. The van der Waals surface area contributed by atoms with Crippen molar-refractivity contribution in [1.29, 1.82) is 0 Å². The van der Waals surface area contributed by atoms with Crippen LogP contribution in [0.5, 0.6) is 0 Å². The van der Waals surface area contributed by atoms with Gasteiger partial charge in [-0.2, -0.15) is 41.3 Å². The van der Waals surface area contributed by atoms with Crippen molar-refractivity contribution in [2.24, 2.45) is 0 Å². The number of nitrogens with zero attached hydrogens (tertiary/aromatic N) is 5. The molecule has 4 aromatic rings.